The molecule has 2 aromatic rings. The number of carbonyl (C=O) groups is 1. The minimum Gasteiger partial charge on any atom is -0.504 e. The van der Waals surface area contributed by atoms with Gasteiger partial charge in [0.25, 0.3) is 5.91 Å². The second-order valence-corrected chi connectivity index (χ2v) is 3.96. The zero-order valence-corrected chi connectivity index (χ0v) is 10.7. The Morgan fingerprint density at radius 2 is 1.85 bits per heavy atom. The van der Waals surface area contributed by atoms with Gasteiger partial charge in [-0.1, -0.05) is 42.5 Å². The molecule has 0 saturated carbocycles. The predicted molar refractivity (Wildman–Crippen MR) is 75.8 cm³/mol. The summed E-state index contributed by atoms with van der Waals surface area (Å²) in [7, 11) is 0. The van der Waals surface area contributed by atoms with Crippen LogP contribution in [0.25, 0.3) is 0 Å². The summed E-state index contributed by atoms with van der Waals surface area (Å²) < 4.78 is 5.17. The lowest BCUT2D eigenvalue weighted by atomic mass is 10.2. The van der Waals surface area contributed by atoms with Crippen LogP contribution in [-0.2, 0) is 4.79 Å². The molecule has 0 atom stereocenters. The summed E-state index contributed by atoms with van der Waals surface area (Å²) in [4.78, 5) is 11.5. The van der Waals surface area contributed by atoms with Crippen LogP contribution in [0.15, 0.2) is 59.7 Å². The number of phenols is 1. The van der Waals surface area contributed by atoms with Gasteiger partial charge >= 0.3 is 0 Å². The van der Waals surface area contributed by atoms with Crippen LogP contribution in [0.5, 0.6) is 11.5 Å². The van der Waals surface area contributed by atoms with E-state index in [0.717, 1.165) is 5.56 Å². The van der Waals surface area contributed by atoms with E-state index in [1.807, 2.05) is 30.3 Å². The fraction of sp³-hybridized carbons (Fsp3) is 0.0667. The first-order valence-electron chi connectivity index (χ1n) is 6.03. The van der Waals surface area contributed by atoms with Crippen LogP contribution in [0.3, 0.4) is 0 Å². The number of aromatic hydroxyl groups is 1. The summed E-state index contributed by atoms with van der Waals surface area (Å²) in [6.07, 6.45) is 1.54. The Hall–Kier alpha value is -2.82. The zero-order chi connectivity index (χ0) is 14.2. The van der Waals surface area contributed by atoms with Gasteiger partial charge in [0.1, 0.15) is 0 Å². The highest BCUT2D eigenvalue weighted by Crippen LogP contribution is 2.23. The van der Waals surface area contributed by atoms with E-state index < -0.39 is 5.91 Å². The summed E-state index contributed by atoms with van der Waals surface area (Å²) in [5.74, 6) is -0.150. The number of carbonyl (C=O) groups excluding carboxylic acids is 1. The molecular formula is C15H14N2O3. The van der Waals surface area contributed by atoms with Crippen molar-refractivity contribution in [3.8, 4) is 11.5 Å². The van der Waals surface area contributed by atoms with E-state index in [1.54, 1.807) is 18.2 Å². The molecule has 0 fully saturated rings. The molecule has 20 heavy (non-hydrogen) atoms. The maximum atomic E-state index is 11.5. The van der Waals surface area contributed by atoms with E-state index in [4.69, 9.17) is 4.74 Å². The Morgan fingerprint density at radius 1 is 1.15 bits per heavy atom. The lowest BCUT2D eigenvalue weighted by Crippen LogP contribution is -2.24. The maximum absolute atomic E-state index is 11.5. The molecule has 0 bridgehead atoms. The van der Waals surface area contributed by atoms with Crippen molar-refractivity contribution in [2.75, 3.05) is 6.61 Å². The van der Waals surface area contributed by atoms with Crippen LogP contribution in [0, 0.1) is 0 Å². The molecule has 0 aromatic heterocycles. The first-order chi connectivity index (χ1) is 9.75. The van der Waals surface area contributed by atoms with Crippen molar-refractivity contribution in [3.05, 3.63) is 60.2 Å². The predicted octanol–water partition coefficient (Wildman–Crippen LogP) is 1.92. The molecular weight excluding hydrogens is 256 g/mol. The summed E-state index contributed by atoms with van der Waals surface area (Å²) in [6.45, 7) is -0.219. The number of hydrazone groups is 1. The molecule has 0 aliphatic heterocycles. The van der Waals surface area contributed by atoms with Crippen LogP contribution in [0.1, 0.15) is 5.56 Å². The average Bonchev–Trinajstić information content (AvgIpc) is 2.47. The van der Waals surface area contributed by atoms with Gasteiger partial charge < -0.3 is 9.84 Å². The molecule has 5 heteroatoms. The Kier molecular flexibility index (Phi) is 4.72. The molecule has 0 spiro atoms. The van der Waals surface area contributed by atoms with Crippen molar-refractivity contribution in [2.45, 2.75) is 0 Å². The number of phenolic OH excluding ortho intramolecular Hbond substituents is 1. The van der Waals surface area contributed by atoms with Crippen molar-refractivity contribution < 1.29 is 14.6 Å². The van der Waals surface area contributed by atoms with Crippen LogP contribution in [-0.4, -0.2) is 23.8 Å². The number of hydrogen-bond donors (Lipinski definition) is 2. The van der Waals surface area contributed by atoms with E-state index in [1.165, 1.54) is 12.3 Å². The molecule has 0 aliphatic carbocycles. The number of benzene rings is 2. The number of hydrogen-bond acceptors (Lipinski definition) is 4. The SMILES string of the molecule is O=C(COc1ccccc1O)NN=Cc1ccccc1. The number of rotatable bonds is 5. The van der Waals surface area contributed by atoms with Crippen molar-refractivity contribution >= 4 is 12.1 Å². The van der Waals surface area contributed by atoms with Crippen LogP contribution < -0.4 is 10.2 Å². The lowest BCUT2D eigenvalue weighted by Gasteiger charge is -2.06. The molecule has 5 nitrogen and oxygen atoms in total. The molecule has 2 aromatic carbocycles. The minimum atomic E-state index is -0.402. The van der Waals surface area contributed by atoms with E-state index >= 15 is 0 Å². The van der Waals surface area contributed by atoms with Gasteiger partial charge in [-0.25, -0.2) is 5.43 Å². The fourth-order valence-electron chi connectivity index (χ4n) is 1.47. The third-order valence-electron chi connectivity index (χ3n) is 2.43. The van der Waals surface area contributed by atoms with Gasteiger partial charge in [-0.2, -0.15) is 5.10 Å². The number of para-hydroxylation sites is 2. The van der Waals surface area contributed by atoms with Crippen LogP contribution in [0.4, 0.5) is 0 Å². The summed E-state index contributed by atoms with van der Waals surface area (Å²) in [5.41, 5.74) is 3.23. The largest absolute Gasteiger partial charge is 0.504 e. The van der Waals surface area contributed by atoms with Gasteiger partial charge in [-0.05, 0) is 17.7 Å². The fourth-order valence-corrected chi connectivity index (χ4v) is 1.47. The molecule has 0 unspecified atom stereocenters. The monoisotopic (exact) mass is 270 g/mol. The van der Waals surface area contributed by atoms with Gasteiger partial charge in [0.05, 0.1) is 6.21 Å². The molecule has 2 rings (SSSR count). The van der Waals surface area contributed by atoms with Crippen LogP contribution >= 0.6 is 0 Å². The third-order valence-corrected chi connectivity index (χ3v) is 2.43. The lowest BCUT2D eigenvalue weighted by molar-refractivity contribution is -0.123. The summed E-state index contributed by atoms with van der Waals surface area (Å²) in [5, 5.41) is 13.3. The zero-order valence-electron chi connectivity index (χ0n) is 10.7. The number of nitrogens with one attached hydrogen (secondary N) is 1. The average molecular weight is 270 g/mol. The van der Waals surface area contributed by atoms with Gasteiger partial charge in [-0.3, -0.25) is 4.79 Å². The second-order valence-electron chi connectivity index (χ2n) is 3.96. The topological polar surface area (TPSA) is 70.9 Å². The number of ether oxygens (including phenoxy) is 1. The van der Waals surface area contributed by atoms with E-state index in [0.29, 0.717) is 0 Å². The van der Waals surface area contributed by atoms with Crippen LogP contribution in [0.2, 0.25) is 0 Å². The highest BCUT2D eigenvalue weighted by atomic mass is 16.5. The quantitative estimate of drug-likeness (QED) is 0.644. The Labute approximate surface area is 116 Å². The molecule has 1 amide bonds. The van der Waals surface area contributed by atoms with Gasteiger partial charge in [0.2, 0.25) is 0 Å². The van der Waals surface area contributed by atoms with E-state index in [-0.39, 0.29) is 18.1 Å². The van der Waals surface area contributed by atoms with Gasteiger partial charge in [0.15, 0.2) is 18.1 Å². The molecule has 0 aliphatic rings. The maximum Gasteiger partial charge on any atom is 0.277 e. The highest BCUT2D eigenvalue weighted by molar-refractivity contribution is 5.82. The van der Waals surface area contributed by atoms with Crippen molar-refractivity contribution in [2.24, 2.45) is 5.10 Å². The van der Waals surface area contributed by atoms with Crippen molar-refractivity contribution in [1.82, 2.24) is 5.43 Å². The summed E-state index contributed by atoms with van der Waals surface area (Å²) >= 11 is 0. The molecule has 102 valence electrons. The van der Waals surface area contributed by atoms with Crippen molar-refractivity contribution in [3.63, 3.8) is 0 Å². The van der Waals surface area contributed by atoms with E-state index in [9.17, 15) is 9.90 Å². The first kappa shape index (κ1) is 13.6. The Bertz CT molecular complexity index is 597. The molecule has 0 saturated heterocycles. The van der Waals surface area contributed by atoms with E-state index in [2.05, 4.69) is 10.5 Å². The molecule has 0 radical (unpaired) electrons. The first-order valence-corrected chi connectivity index (χ1v) is 6.03. The minimum absolute atomic E-state index is 0.00640. The standard InChI is InChI=1S/C15H14N2O3/c18-13-8-4-5-9-14(13)20-11-15(19)17-16-10-12-6-2-1-3-7-12/h1-10,18H,11H2,(H,17,19). The smallest absolute Gasteiger partial charge is 0.277 e. The normalized spacial score (nSPS) is 10.4. The van der Waals surface area contributed by atoms with Crippen molar-refractivity contribution in [1.29, 1.82) is 0 Å². The van der Waals surface area contributed by atoms with Gasteiger partial charge in [-0.15, -0.1) is 0 Å². The second kappa shape index (κ2) is 6.94. The highest BCUT2D eigenvalue weighted by Gasteiger charge is 2.04. The van der Waals surface area contributed by atoms with Gasteiger partial charge in [0, 0.05) is 0 Å². The number of amides is 1. The third kappa shape index (κ3) is 4.13. The Morgan fingerprint density at radius 3 is 2.60 bits per heavy atom. The number of nitrogens with zero attached hydrogens (tertiary/aromatic N) is 1. The Balaban J connectivity index is 1.79. The summed E-state index contributed by atoms with van der Waals surface area (Å²) in [6, 6.07) is 15.8. The molecule has 2 N–H and O–H groups in total. The molecule has 0 heterocycles.